The Hall–Kier alpha value is -1.20. The second-order valence-corrected chi connectivity index (χ2v) is 8.41. The molecule has 0 radical (unpaired) electrons. The minimum Gasteiger partial charge on any atom is -0.338 e. The first-order valence-corrected chi connectivity index (χ1v) is 9.20. The minimum absolute atomic E-state index is 0.0904. The number of amides is 1. The zero-order valence-electron chi connectivity index (χ0n) is 15.0. The average molecular weight is 351 g/mol. The Labute approximate surface area is 149 Å². The third-order valence-corrected chi connectivity index (χ3v) is 6.03. The van der Waals surface area contributed by atoms with E-state index >= 15 is 0 Å². The van der Waals surface area contributed by atoms with Crippen LogP contribution >= 0.6 is 11.6 Å². The van der Waals surface area contributed by atoms with Gasteiger partial charge in [-0.2, -0.15) is 0 Å². The SMILES string of the molecule is Cc1ncnc(C)c1C(=O)N1CC2CN(CC(C)(C)CCl)CC2C1. The van der Waals surface area contributed by atoms with Gasteiger partial charge in [-0.25, -0.2) is 9.97 Å². The zero-order chi connectivity index (χ0) is 17.5. The molecule has 132 valence electrons. The number of aromatic nitrogens is 2. The molecular weight excluding hydrogens is 324 g/mol. The van der Waals surface area contributed by atoms with Crippen molar-refractivity contribution in [1.82, 2.24) is 19.8 Å². The summed E-state index contributed by atoms with van der Waals surface area (Å²) in [5.74, 6) is 1.92. The highest BCUT2D eigenvalue weighted by molar-refractivity contribution is 6.18. The summed E-state index contributed by atoms with van der Waals surface area (Å²) in [6.45, 7) is 13.0. The third kappa shape index (κ3) is 3.42. The number of hydrogen-bond donors (Lipinski definition) is 0. The lowest BCUT2D eigenvalue weighted by Crippen LogP contribution is -2.38. The molecule has 2 atom stereocenters. The Kier molecular flexibility index (Phi) is 4.85. The number of carbonyl (C=O) groups excluding carboxylic acids is 1. The number of aryl methyl sites for hydroxylation is 2. The predicted octanol–water partition coefficient (Wildman–Crippen LogP) is 2.36. The summed E-state index contributed by atoms with van der Waals surface area (Å²) in [7, 11) is 0. The minimum atomic E-state index is 0.0904. The normalized spacial score (nSPS) is 24.5. The molecule has 2 unspecified atom stereocenters. The first kappa shape index (κ1) is 17.6. The van der Waals surface area contributed by atoms with Crippen molar-refractivity contribution in [1.29, 1.82) is 0 Å². The second-order valence-electron chi connectivity index (χ2n) is 8.14. The van der Waals surface area contributed by atoms with Crippen molar-refractivity contribution < 1.29 is 4.79 Å². The molecule has 2 saturated heterocycles. The molecule has 1 amide bonds. The molecule has 3 rings (SSSR count). The maximum atomic E-state index is 12.9. The highest BCUT2D eigenvalue weighted by Crippen LogP contribution is 2.34. The second kappa shape index (κ2) is 6.60. The van der Waals surface area contributed by atoms with Gasteiger partial charge in [0.05, 0.1) is 17.0 Å². The Morgan fingerprint density at radius 1 is 1.17 bits per heavy atom. The summed E-state index contributed by atoms with van der Waals surface area (Å²) in [5, 5.41) is 0. The zero-order valence-corrected chi connectivity index (χ0v) is 15.8. The van der Waals surface area contributed by atoms with E-state index < -0.39 is 0 Å². The van der Waals surface area contributed by atoms with Gasteiger partial charge in [-0.3, -0.25) is 4.79 Å². The van der Waals surface area contributed by atoms with Gasteiger partial charge < -0.3 is 9.80 Å². The van der Waals surface area contributed by atoms with Crippen LogP contribution in [0.1, 0.15) is 35.6 Å². The molecule has 2 aliphatic rings. The van der Waals surface area contributed by atoms with Gasteiger partial charge in [-0.1, -0.05) is 13.8 Å². The number of alkyl halides is 1. The summed E-state index contributed by atoms with van der Waals surface area (Å²) < 4.78 is 0. The number of nitrogens with zero attached hydrogens (tertiary/aromatic N) is 4. The molecule has 0 spiro atoms. The highest BCUT2D eigenvalue weighted by Gasteiger charge is 2.43. The summed E-state index contributed by atoms with van der Waals surface area (Å²) in [6.07, 6.45) is 1.52. The molecule has 1 aromatic rings. The summed E-state index contributed by atoms with van der Waals surface area (Å²) in [4.78, 5) is 25.8. The van der Waals surface area contributed by atoms with E-state index in [-0.39, 0.29) is 11.3 Å². The van der Waals surface area contributed by atoms with Crippen molar-refractivity contribution in [3.05, 3.63) is 23.3 Å². The van der Waals surface area contributed by atoms with Crippen LogP contribution in [0.4, 0.5) is 0 Å². The van der Waals surface area contributed by atoms with Crippen LogP contribution in [0, 0.1) is 31.1 Å². The lowest BCUT2D eigenvalue weighted by atomic mass is 9.96. The Balaban J connectivity index is 1.64. The molecular formula is C18H27ClN4O. The number of rotatable bonds is 4. The van der Waals surface area contributed by atoms with Gasteiger partial charge in [0.25, 0.3) is 5.91 Å². The lowest BCUT2D eigenvalue weighted by Gasteiger charge is -2.29. The maximum absolute atomic E-state index is 12.9. The first-order chi connectivity index (χ1) is 11.3. The van der Waals surface area contributed by atoms with Crippen molar-refractivity contribution in [2.75, 3.05) is 38.6 Å². The van der Waals surface area contributed by atoms with Crippen molar-refractivity contribution in [2.45, 2.75) is 27.7 Å². The number of fused-ring (bicyclic) bond motifs is 1. The molecule has 0 saturated carbocycles. The molecule has 2 aliphatic heterocycles. The third-order valence-electron chi connectivity index (χ3n) is 5.30. The molecule has 0 bridgehead atoms. The van der Waals surface area contributed by atoms with Gasteiger partial charge in [0.15, 0.2) is 0 Å². The molecule has 0 aliphatic carbocycles. The van der Waals surface area contributed by atoms with Gasteiger partial charge >= 0.3 is 0 Å². The number of likely N-dealkylation sites (tertiary alicyclic amines) is 2. The van der Waals surface area contributed by atoms with Crippen molar-refractivity contribution in [3.8, 4) is 0 Å². The van der Waals surface area contributed by atoms with Gasteiger partial charge in [-0.15, -0.1) is 11.6 Å². The van der Waals surface area contributed by atoms with Crippen LogP contribution in [-0.2, 0) is 0 Å². The molecule has 5 nitrogen and oxygen atoms in total. The quantitative estimate of drug-likeness (QED) is 0.782. The Morgan fingerprint density at radius 2 is 1.71 bits per heavy atom. The monoisotopic (exact) mass is 350 g/mol. The Bertz CT molecular complexity index is 599. The molecule has 3 heterocycles. The van der Waals surface area contributed by atoms with Crippen LogP contribution in [0.15, 0.2) is 6.33 Å². The lowest BCUT2D eigenvalue weighted by molar-refractivity contribution is 0.0768. The number of halogens is 1. The summed E-state index contributed by atoms with van der Waals surface area (Å²) in [5.41, 5.74) is 2.37. The summed E-state index contributed by atoms with van der Waals surface area (Å²) >= 11 is 6.06. The molecule has 0 aromatic carbocycles. The molecule has 0 N–H and O–H groups in total. The largest absolute Gasteiger partial charge is 0.338 e. The fourth-order valence-electron chi connectivity index (χ4n) is 4.09. The topological polar surface area (TPSA) is 49.3 Å². The van der Waals surface area contributed by atoms with E-state index in [9.17, 15) is 4.79 Å². The van der Waals surface area contributed by atoms with Crippen LogP contribution in [0.2, 0.25) is 0 Å². The van der Waals surface area contributed by atoms with Gasteiger partial charge in [0.2, 0.25) is 0 Å². The summed E-state index contributed by atoms with van der Waals surface area (Å²) in [6, 6.07) is 0. The maximum Gasteiger partial charge on any atom is 0.257 e. The van der Waals surface area contributed by atoms with E-state index in [2.05, 4.69) is 28.7 Å². The smallest absolute Gasteiger partial charge is 0.257 e. The van der Waals surface area contributed by atoms with E-state index in [1.54, 1.807) is 0 Å². The standard InChI is InChI=1S/C18H27ClN4O/c1-12-16(13(2)21-11-20-12)17(24)23-7-14-5-22(6-15(14)8-23)10-18(3,4)9-19/h11,14-15H,5-10H2,1-4H3. The molecule has 1 aromatic heterocycles. The van der Waals surface area contributed by atoms with E-state index in [4.69, 9.17) is 11.6 Å². The fraction of sp³-hybridized carbons (Fsp3) is 0.722. The van der Waals surface area contributed by atoms with E-state index in [0.717, 1.165) is 44.1 Å². The van der Waals surface area contributed by atoms with Crippen LogP contribution in [0.5, 0.6) is 0 Å². The average Bonchev–Trinajstić information content (AvgIpc) is 3.04. The van der Waals surface area contributed by atoms with E-state index in [0.29, 0.717) is 23.3 Å². The van der Waals surface area contributed by atoms with Gasteiger partial charge in [0.1, 0.15) is 6.33 Å². The first-order valence-electron chi connectivity index (χ1n) is 8.66. The van der Waals surface area contributed by atoms with Crippen LogP contribution in [0.3, 0.4) is 0 Å². The Morgan fingerprint density at radius 3 is 2.21 bits per heavy atom. The molecule has 24 heavy (non-hydrogen) atoms. The van der Waals surface area contributed by atoms with Crippen molar-refractivity contribution in [2.24, 2.45) is 17.3 Å². The van der Waals surface area contributed by atoms with Gasteiger partial charge in [-0.05, 0) is 31.1 Å². The molecule has 2 fully saturated rings. The fourth-order valence-corrected chi connectivity index (χ4v) is 4.18. The van der Waals surface area contributed by atoms with Gasteiger partial charge in [0, 0.05) is 38.6 Å². The number of hydrogen-bond acceptors (Lipinski definition) is 4. The predicted molar refractivity (Wildman–Crippen MR) is 95.3 cm³/mol. The molecule has 6 heteroatoms. The van der Waals surface area contributed by atoms with Crippen LogP contribution in [0.25, 0.3) is 0 Å². The van der Waals surface area contributed by atoms with Crippen molar-refractivity contribution >= 4 is 17.5 Å². The highest BCUT2D eigenvalue weighted by atomic mass is 35.5. The van der Waals surface area contributed by atoms with Crippen LogP contribution < -0.4 is 0 Å². The van der Waals surface area contributed by atoms with E-state index in [1.165, 1.54) is 6.33 Å². The van der Waals surface area contributed by atoms with E-state index in [1.807, 2.05) is 18.7 Å². The number of carbonyl (C=O) groups is 1. The van der Waals surface area contributed by atoms with Crippen LogP contribution in [-0.4, -0.2) is 64.3 Å². The van der Waals surface area contributed by atoms with Crippen molar-refractivity contribution in [3.63, 3.8) is 0 Å².